The van der Waals surface area contributed by atoms with Crippen molar-refractivity contribution in [2.75, 3.05) is 10.5 Å². The van der Waals surface area contributed by atoms with Crippen molar-refractivity contribution in [3.8, 4) is 11.3 Å². The van der Waals surface area contributed by atoms with Crippen LogP contribution >= 0.6 is 11.3 Å². The molecule has 1 aromatic carbocycles. The molecular formula is C12H12FN3O2S2. The van der Waals surface area contributed by atoms with E-state index in [1.807, 2.05) is 0 Å². The number of thiazole rings is 1. The second-order valence-electron chi connectivity index (χ2n) is 4.62. The monoisotopic (exact) mass is 313 g/mol. The first-order chi connectivity index (χ1) is 9.45. The molecular weight excluding hydrogens is 301 g/mol. The van der Waals surface area contributed by atoms with Crippen molar-refractivity contribution >= 4 is 32.2 Å². The molecule has 1 fully saturated rings. The van der Waals surface area contributed by atoms with E-state index in [0.29, 0.717) is 29.2 Å². The quantitative estimate of drug-likeness (QED) is 0.849. The summed E-state index contributed by atoms with van der Waals surface area (Å²) in [5.74, 6) is -0.420. The first-order valence-corrected chi connectivity index (χ1v) is 8.41. The molecule has 0 aliphatic heterocycles. The molecule has 0 spiro atoms. The van der Waals surface area contributed by atoms with Crippen LogP contribution in [0.5, 0.6) is 0 Å². The fraction of sp³-hybridized carbons (Fsp3) is 0.250. The van der Waals surface area contributed by atoms with Gasteiger partial charge in [-0.3, -0.25) is 4.72 Å². The summed E-state index contributed by atoms with van der Waals surface area (Å²) in [6.45, 7) is 0. The largest absolute Gasteiger partial charge is 0.398 e. The Labute approximate surface area is 119 Å². The second-order valence-corrected chi connectivity index (χ2v) is 7.43. The fourth-order valence-corrected chi connectivity index (χ4v) is 4.10. The maximum absolute atomic E-state index is 13.0. The summed E-state index contributed by atoms with van der Waals surface area (Å²) in [5.41, 5.74) is 7.12. The summed E-state index contributed by atoms with van der Waals surface area (Å²) in [5, 5.41) is 1.69. The number of hydrogen-bond donors (Lipinski definition) is 2. The molecule has 2 aromatic rings. The van der Waals surface area contributed by atoms with E-state index in [0.717, 1.165) is 0 Å². The summed E-state index contributed by atoms with van der Waals surface area (Å²) in [6.07, 6.45) is 1.39. The number of benzene rings is 1. The Morgan fingerprint density at radius 2 is 2.15 bits per heavy atom. The molecule has 106 valence electrons. The number of sulfonamides is 1. The lowest BCUT2D eigenvalue weighted by atomic mass is 10.1. The number of nitrogens with zero attached hydrogens (tertiary/aromatic N) is 1. The highest BCUT2D eigenvalue weighted by Crippen LogP contribution is 2.33. The fourth-order valence-electron chi connectivity index (χ4n) is 1.79. The lowest BCUT2D eigenvalue weighted by molar-refractivity contribution is 0.600. The van der Waals surface area contributed by atoms with Gasteiger partial charge in [0.05, 0.1) is 10.9 Å². The Balaban J connectivity index is 1.86. The number of anilines is 2. The summed E-state index contributed by atoms with van der Waals surface area (Å²) in [6, 6.07) is 4.03. The lowest BCUT2D eigenvalue weighted by Crippen LogP contribution is -2.17. The van der Waals surface area contributed by atoms with Crippen molar-refractivity contribution in [1.82, 2.24) is 4.98 Å². The average molecular weight is 313 g/mol. The van der Waals surface area contributed by atoms with Gasteiger partial charge >= 0.3 is 0 Å². The van der Waals surface area contributed by atoms with E-state index in [2.05, 4.69) is 9.71 Å². The lowest BCUT2D eigenvalue weighted by Gasteiger charge is -2.03. The van der Waals surface area contributed by atoms with Gasteiger partial charge in [-0.25, -0.2) is 17.8 Å². The second kappa shape index (κ2) is 4.71. The predicted molar refractivity (Wildman–Crippen MR) is 77.5 cm³/mol. The Bertz CT molecular complexity index is 754. The van der Waals surface area contributed by atoms with Crippen LogP contribution in [0.25, 0.3) is 11.3 Å². The molecule has 1 saturated carbocycles. The molecule has 0 saturated heterocycles. The zero-order chi connectivity index (χ0) is 14.3. The normalized spacial score (nSPS) is 15.2. The van der Waals surface area contributed by atoms with E-state index in [-0.39, 0.29) is 10.9 Å². The number of aromatic nitrogens is 1. The van der Waals surface area contributed by atoms with Gasteiger partial charge in [-0.15, -0.1) is 11.3 Å². The van der Waals surface area contributed by atoms with Crippen LogP contribution in [0.2, 0.25) is 0 Å². The molecule has 0 atom stereocenters. The van der Waals surface area contributed by atoms with E-state index in [1.165, 1.54) is 29.5 Å². The maximum atomic E-state index is 13.0. The van der Waals surface area contributed by atoms with E-state index >= 15 is 0 Å². The maximum Gasteiger partial charge on any atom is 0.237 e. The molecule has 1 aliphatic carbocycles. The van der Waals surface area contributed by atoms with Crippen molar-refractivity contribution < 1.29 is 12.8 Å². The van der Waals surface area contributed by atoms with E-state index in [9.17, 15) is 12.8 Å². The molecule has 20 heavy (non-hydrogen) atoms. The molecule has 0 radical (unpaired) electrons. The minimum atomic E-state index is -3.32. The van der Waals surface area contributed by atoms with Crippen LogP contribution in [0, 0.1) is 5.82 Å². The van der Waals surface area contributed by atoms with E-state index in [1.54, 1.807) is 5.38 Å². The summed E-state index contributed by atoms with van der Waals surface area (Å²) in [4.78, 5) is 4.19. The first-order valence-electron chi connectivity index (χ1n) is 5.98. The first kappa shape index (κ1) is 13.3. The van der Waals surface area contributed by atoms with Crippen LogP contribution in [-0.2, 0) is 10.0 Å². The Morgan fingerprint density at radius 3 is 2.80 bits per heavy atom. The Hall–Kier alpha value is -1.67. The van der Waals surface area contributed by atoms with Gasteiger partial charge in [0.25, 0.3) is 0 Å². The summed E-state index contributed by atoms with van der Waals surface area (Å²) in [7, 11) is -3.32. The number of rotatable bonds is 4. The van der Waals surface area contributed by atoms with Crippen molar-refractivity contribution in [2.24, 2.45) is 0 Å². The number of nitrogens with one attached hydrogen (secondary N) is 1. The smallest absolute Gasteiger partial charge is 0.237 e. The van der Waals surface area contributed by atoms with Crippen molar-refractivity contribution in [2.45, 2.75) is 18.1 Å². The third-order valence-electron chi connectivity index (χ3n) is 2.99. The SMILES string of the molecule is Nc1cc(F)ccc1-c1csc(NS(=O)(=O)C2CC2)n1. The van der Waals surface area contributed by atoms with Gasteiger partial charge in [-0.05, 0) is 31.0 Å². The minimum absolute atomic E-state index is 0.270. The van der Waals surface area contributed by atoms with Gasteiger partial charge in [-0.1, -0.05) is 0 Å². The molecule has 3 rings (SSSR count). The third-order valence-corrected chi connectivity index (χ3v) is 5.70. The van der Waals surface area contributed by atoms with Gasteiger partial charge in [0.15, 0.2) is 5.13 Å². The minimum Gasteiger partial charge on any atom is -0.398 e. The predicted octanol–water partition coefficient (Wildman–Crippen LogP) is 2.44. The Kier molecular flexibility index (Phi) is 3.14. The molecule has 0 amide bonds. The molecule has 1 heterocycles. The Morgan fingerprint density at radius 1 is 1.40 bits per heavy atom. The van der Waals surface area contributed by atoms with Crippen molar-refractivity contribution in [3.05, 3.63) is 29.4 Å². The van der Waals surface area contributed by atoms with Gasteiger partial charge in [0.1, 0.15) is 5.82 Å². The van der Waals surface area contributed by atoms with Crippen LogP contribution in [0.15, 0.2) is 23.6 Å². The molecule has 3 N–H and O–H groups in total. The van der Waals surface area contributed by atoms with Gasteiger partial charge in [0, 0.05) is 16.6 Å². The third kappa shape index (κ3) is 2.61. The zero-order valence-electron chi connectivity index (χ0n) is 10.3. The van der Waals surface area contributed by atoms with Crippen LogP contribution in [0.3, 0.4) is 0 Å². The molecule has 5 nitrogen and oxygen atoms in total. The molecule has 1 aromatic heterocycles. The average Bonchev–Trinajstić information content (AvgIpc) is 3.13. The van der Waals surface area contributed by atoms with Crippen molar-refractivity contribution in [1.29, 1.82) is 0 Å². The van der Waals surface area contributed by atoms with E-state index in [4.69, 9.17) is 5.73 Å². The molecule has 0 unspecified atom stereocenters. The van der Waals surface area contributed by atoms with Crippen LogP contribution in [0.1, 0.15) is 12.8 Å². The highest BCUT2D eigenvalue weighted by molar-refractivity contribution is 7.93. The highest BCUT2D eigenvalue weighted by atomic mass is 32.2. The topological polar surface area (TPSA) is 85.1 Å². The van der Waals surface area contributed by atoms with Crippen LogP contribution < -0.4 is 10.5 Å². The number of nitrogens with two attached hydrogens (primary N) is 1. The van der Waals surface area contributed by atoms with Crippen molar-refractivity contribution in [3.63, 3.8) is 0 Å². The number of nitrogen functional groups attached to an aromatic ring is 1. The number of halogens is 1. The highest BCUT2D eigenvalue weighted by Gasteiger charge is 2.36. The van der Waals surface area contributed by atoms with Gasteiger partial charge in [0.2, 0.25) is 10.0 Å². The molecule has 8 heteroatoms. The van der Waals surface area contributed by atoms with Gasteiger partial charge < -0.3 is 5.73 Å². The molecule has 1 aliphatic rings. The van der Waals surface area contributed by atoms with E-state index < -0.39 is 15.8 Å². The summed E-state index contributed by atoms with van der Waals surface area (Å²) >= 11 is 1.18. The number of hydrogen-bond acceptors (Lipinski definition) is 5. The van der Waals surface area contributed by atoms with Crippen LogP contribution in [-0.4, -0.2) is 18.7 Å². The summed E-state index contributed by atoms with van der Waals surface area (Å²) < 4.78 is 39.1. The van der Waals surface area contributed by atoms with Crippen LogP contribution in [0.4, 0.5) is 15.2 Å². The molecule has 0 bridgehead atoms. The van der Waals surface area contributed by atoms with Gasteiger partial charge in [-0.2, -0.15) is 0 Å². The zero-order valence-corrected chi connectivity index (χ0v) is 12.0. The standard InChI is InChI=1S/C12H12FN3O2S2/c13-7-1-4-9(10(14)5-7)11-6-19-12(15-11)16-20(17,18)8-2-3-8/h1,4-6,8H,2-3,14H2,(H,15,16).